The molecule has 0 saturated heterocycles. The molecule has 0 aromatic carbocycles. The third-order valence-electron chi connectivity index (χ3n) is 2.21. The van der Waals surface area contributed by atoms with Crippen molar-refractivity contribution in [1.82, 2.24) is 9.97 Å². The molecule has 0 fully saturated rings. The first-order valence-corrected chi connectivity index (χ1v) is 6.12. The molecule has 0 atom stereocenters. The maximum Gasteiger partial charge on any atom is 0.213 e. The summed E-state index contributed by atoms with van der Waals surface area (Å²) in [5, 5.41) is 9.87. The van der Waals surface area contributed by atoms with Crippen LogP contribution in [0.15, 0.2) is 28.7 Å². The highest BCUT2D eigenvalue weighted by molar-refractivity contribution is 7.13. The van der Waals surface area contributed by atoms with Crippen LogP contribution in [0.25, 0.3) is 11.4 Å². The Morgan fingerprint density at radius 2 is 2.21 bits per heavy atom. The zero-order chi connectivity index (χ0) is 13.8. The lowest BCUT2D eigenvalue weighted by molar-refractivity contribution is 0.401. The van der Waals surface area contributed by atoms with Gasteiger partial charge in [-0.25, -0.2) is 4.98 Å². The largest absolute Gasteiger partial charge is 0.481 e. The second-order valence-corrected chi connectivity index (χ2v) is 4.35. The molecule has 98 valence electrons. The van der Waals surface area contributed by atoms with E-state index in [9.17, 15) is 0 Å². The molecule has 0 aliphatic rings. The van der Waals surface area contributed by atoms with Gasteiger partial charge in [-0.2, -0.15) is 4.99 Å². The van der Waals surface area contributed by atoms with Crippen molar-refractivity contribution in [3.8, 4) is 11.4 Å². The van der Waals surface area contributed by atoms with Crippen molar-refractivity contribution in [2.24, 2.45) is 16.5 Å². The smallest absolute Gasteiger partial charge is 0.213 e. The topological polar surface area (TPSA) is 123 Å². The van der Waals surface area contributed by atoms with Gasteiger partial charge in [-0.15, -0.1) is 11.3 Å². The average molecular weight is 276 g/mol. The van der Waals surface area contributed by atoms with Gasteiger partial charge >= 0.3 is 0 Å². The Kier molecular flexibility index (Phi) is 3.71. The number of aliphatic imine (C=N–C) groups is 1. The molecule has 2 aromatic heterocycles. The van der Waals surface area contributed by atoms with E-state index < -0.39 is 0 Å². The minimum absolute atomic E-state index is 0.0382. The highest BCUT2D eigenvalue weighted by Gasteiger charge is 2.08. The summed E-state index contributed by atoms with van der Waals surface area (Å²) in [5.41, 5.74) is 12.5. The summed E-state index contributed by atoms with van der Waals surface area (Å²) in [7, 11) is 1.45. The van der Waals surface area contributed by atoms with E-state index in [0.717, 1.165) is 0 Å². The Bertz CT molecular complexity index is 632. The van der Waals surface area contributed by atoms with E-state index in [-0.39, 0.29) is 11.9 Å². The van der Waals surface area contributed by atoms with Crippen LogP contribution in [0.1, 0.15) is 5.56 Å². The standard InChI is InChI=1S/C11H12N6OS/c1-18-9(12)6-2-3-15-7(4-6)8-5-19-11(16-8)17-10(13)14/h2-5,12H,1H3,(H4,13,14,16,17). The van der Waals surface area contributed by atoms with Crippen LogP contribution in [0.3, 0.4) is 0 Å². The number of aromatic nitrogens is 2. The van der Waals surface area contributed by atoms with Crippen molar-refractivity contribution >= 4 is 28.3 Å². The molecule has 8 heteroatoms. The lowest BCUT2D eigenvalue weighted by atomic mass is 10.2. The quantitative estimate of drug-likeness (QED) is 0.571. The Labute approximate surface area is 113 Å². The minimum Gasteiger partial charge on any atom is -0.481 e. The molecule has 2 heterocycles. The highest BCUT2D eigenvalue weighted by atomic mass is 32.1. The third-order valence-corrected chi connectivity index (χ3v) is 2.94. The van der Waals surface area contributed by atoms with Crippen molar-refractivity contribution in [1.29, 1.82) is 5.41 Å². The molecule has 5 N–H and O–H groups in total. The number of hydrogen-bond donors (Lipinski definition) is 3. The molecular weight excluding hydrogens is 264 g/mol. The van der Waals surface area contributed by atoms with Gasteiger partial charge in [0.2, 0.25) is 11.0 Å². The number of nitrogens with two attached hydrogens (primary N) is 2. The molecule has 0 amide bonds. The highest BCUT2D eigenvalue weighted by Crippen LogP contribution is 2.25. The number of rotatable bonds is 3. The van der Waals surface area contributed by atoms with Crippen molar-refractivity contribution in [3.05, 3.63) is 29.3 Å². The number of guanidine groups is 1. The number of thiazole rings is 1. The molecular formula is C11H12N6OS. The summed E-state index contributed by atoms with van der Waals surface area (Å²) in [6.07, 6.45) is 1.60. The predicted molar refractivity (Wildman–Crippen MR) is 74.7 cm³/mol. The van der Waals surface area contributed by atoms with E-state index in [0.29, 0.717) is 22.1 Å². The Hall–Kier alpha value is -2.48. The van der Waals surface area contributed by atoms with Crippen LogP contribution in [0.4, 0.5) is 5.13 Å². The molecule has 0 aliphatic carbocycles. The molecule has 0 bridgehead atoms. The number of pyridine rings is 1. The van der Waals surface area contributed by atoms with E-state index in [4.69, 9.17) is 21.6 Å². The summed E-state index contributed by atoms with van der Waals surface area (Å²) >= 11 is 1.31. The van der Waals surface area contributed by atoms with E-state index in [1.807, 2.05) is 0 Å². The molecule has 0 radical (unpaired) electrons. The van der Waals surface area contributed by atoms with Crippen LogP contribution in [0.2, 0.25) is 0 Å². The first-order chi connectivity index (χ1) is 9.10. The van der Waals surface area contributed by atoms with Crippen molar-refractivity contribution in [2.45, 2.75) is 0 Å². The molecule has 0 unspecified atom stereocenters. The molecule has 2 aromatic rings. The van der Waals surface area contributed by atoms with Gasteiger partial charge in [-0.1, -0.05) is 0 Å². The average Bonchev–Trinajstić information content (AvgIpc) is 2.85. The molecule has 0 saturated carbocycles. The molecule has 0 spiro atoms. The second-order valence-electron chi connectivity index (χ2n) is 3.51. The number of nitrogens with zero attached hydrogens (tertiary/aromatic N) is 3. The predicted octanol–water partition coefficient (Wildman–Crippen LogP) is 1.08. The number of hydrogen-bond acceptors (Lipinski definition) is 6. The first kappa shape index (κ1) is 13.0. The molecule has 7 nitrogen and oxygen atoms in total. The Balaban J connectivity index is 2.34. The lowest BCUT2D eigenvalue weighted by Crippen LogP contribution is -2.21. The monoisotopic (exact) mass is 276 g/mol. The van der Waals surface area contributed by atoms with Gasteiger partial charge in [0.1, 0.15) is 5.69 Å². The van der Waals surface area contributed by atoms with Gasteiger partial charge in [0.25, 0.3) is 0 Å². The van der Waals surface area contributed by atoms with Crippen molar-refractivity contribution in [2.75, 3.05) is 7.11 Å². The van der Waals surface area contributed by atoms with Crippen LogP contribution in [-0.4, -0.2) is 28.9 Å². The fraction of sp³-hybridized carbons (Fsp3) is 0.0909. The number of methoxy groups -OCH3 is 1. The number of nitrogens with one attached hydrogen (secondary N) is 1. The summed E-state index contributed by atoms with van der Waals surface area (Å²) in [4.78, 5) is 12.3. The maximum atomic E-state index is 7.61. The summed E-state index contributed by atoms with van der Waals surface area (Å²) in [5.74, 6) is 0.0343. The molecule has 2 rings (SSSR count). The van der Waals surface area contributed by atoms with Crippen LogP contribution >= 0.6 is 11.3 Å². The summed E-state index contributed by atoms with van der Waals surface area (Å²) < 4.78 is 4.87. The zero-order valence-electron chi connectivity index (χ0n) is 10.1. The van der Waals surface area contributed by atoms with Crippen LogP contribution in [0.5, 0.6) is 0 Å². The Morgan fingerprint density at radius 3 is 2.89 bits per heavy atom. The van der Waals surface area contributed by atoms with Gasteiger partial charge in [-0.05, 0) is 12.1 Å². The second kappa shape index (κ2) is 5.44. The lowest BCUT2D eigenvalue weighted by Gasteiger charge is -2.03. The van der Waals surface area contributed by atoms with Crippen LogP contribution < -0.4 is 11.5 Å². The fourth-order valence-corrected chi connectivity index (χ4v) is 2.07. The van der Waals surface area contributed by atoms with Gasteiger partial charge in [-0.3, -0.25) is 10.4 Å². The summed E-state index contributed by atoms with van der Waals surface area (Å²) in [6.45, 7) is 0. The van der Waals surface area contributed by atoms with Gasteiger partial charge in [0.05, 0.1) is 12.8 Å². The SMILES string of the molecule is COC(=N)c1ccnc(-c2csc(N=C(N)N)n2)c1. The summed E-state index contributed by atoms with van der Waals surface area (Å²) in [6, 6.07) is 3.42. The first-order valence-electron chi connectivity index (χ1n) is 5.24. The van der Waals surface area contributed by atoms with E-state index in [1.165, 1.54) is 18.4 Å². The van der Waals surface area contributed by atoms with Crippen LogP contribution in [-0.2, 0) is 4.74 Å². The molecule has 19 heavy (non-hydrogen) atoms. The third kappa shape index (κ3) is 3.05. The van der Waals surface area contributed by atoms with E-state index in [2.05, 4.69) is 15.0 Å². The normalized spacial score (nSPS) is 9.95. The van der Waals surface area contributed by atoms with Gasteiger partial charge < -0.3 is 16.2 Å². The minimum atomic E-state index is -0.0382. The van der Waals surface area contributed by atoms with E-state index >= 15 is 0 Å². The van der Waals surface area contributed by atoms with Crippen LogP contribution in [0, 0.1) is 5.41 Å². The van der Waals surface area contributed by atoms with Gasteiger partial charge in [0, 0.05) is 17.1 Å². The van der Waals surface area contributed by atoms with Crippen molar-refractivity contribution in [3.63, 3.8) is 0 Å². The Morgan fingerprint density at radius 1 is 1.42 bits per heavy atom. The molecule has 0 aliphatic heterocycles. The van der Waals surface area contributed by atoms with Crippen molar-refractivity contribution < 1.29 is 4.74 Å². The van der Waals surface area contributed by atoms with Gasteiger partial charge in [0.15, 0.2) is 5.96 Å². The van der Waals surface area contributed by atoms with E-state index in [1.54, 1.807) is 23.7 Å². The fourth-order valence-electron chi connectivity index (χ4n) is 1.37. The number of ether oxygens (including phenoxy) is 1. The zero-order valence-corrected chi connectivity index (χ0v) is 10.9. The maximum absolute atomic E-state index is 7.61.